The van der Waals surface area contributed by atoms with Crippen LogP contribution in [0, 0.1) is 11.3 Å². The van der Waals surface area contributed by atoms with Gasteiger partial charge in [0.15, 0.2) is 17.3 Å². The SMILES string of the molecule is COc1cc(/C=c2\s/c(=C\C(=O)C(C)(C)C)[nH]c2=O)ccc1OCCC(C)C. The smallest absolute Gasteiger partial charge is 0.266 e. The minimum atomic E-state index is -0.483. The van der Waals surface area contributed by atoms with Crippen molar-refractivity contribution in [2.24, 2.45) is 11.3 Å². The fourth-order valence-electron chi connectivity index (χ4n) is 2.31. The second-order valence-corrected chi connectivity index (χ2v) is 9.21. The molecule has 0 saturated heterocycles. The van der Waals surface area contributed by atoms with Gasteiger partial charge in [0, 0.05) is 11.5 Å². The molecule has 6 heteroatoms. The summed E-state index contributed by atoms with van der Waals surface area (Å²) in [5.41, 5.74) is 0.132. The Kier molecular flexibility index (Phi) is 7.24. The Morgan fingerprint density at radius 1 is 1.25 bits per heavy atom. The van der Waals surface area contributed by atoms with Crippen molar-refractivity contribution in [3.8, 4) is 11.5 Å². The van der Waals surface area contributed by atoms with Crippen molar-refractivity contribution in [1.82, 2.24) is 4.98 Å². The van der Waals surface area contributed by atoms with Crippen LogP contribution in [0.3, 0.4) is 0 Å². The highest BCUT2D eigenvalue weighted by molar-refractivity contribution is 7.07. The number of nitrogens with one attached hydrogen (secondary N) is 1. The van der Waals surface area contributed by atoms with E-state index in [1.54, 1.807) is 13.2 Å². The number of thiazole rings is 1. The number of benzene rings is 1. The first-order valence-corrected chi connectivity index (χ1v) is 10.2. The van der Waals surface area contributed by atoms with Crippen molar-refractivity contribution >= 4 is 29.3 Å². The lowest BCUT2D eigenvalue weighted by molar-refractivity contribution is -0.119. The van der Waals surface area contributed by atoms with Crippen molar-refractivity contribution in [1.29, 1.82) is 0 Å². The highest BCUT2D eigenvalue weighted by atomic mass is 32.1. The van der Waals surface area contributed by atoms with E-state index in [0.717, 1.165) is 12.0 Å². The van der Waals surface area contributed by atoms with Crippen LogP contribution in [0.15, 0.2) is 23.0 Å². The zero-order valence-electron chi connectivity index (χ0n) is 17.4. The summed E-state index contributed by atoms with van der Waals surface area (Å²) in [4.78, 5) is 27.1. The number of aromatic amines is 1. The molecule has 0 aliphatic rings. The van der Waals surface area contributed by atoms with Crippen LogP contribution in [0.1, 0.15) is 46.6 Å². The molecule has 0 spiro atoms. The molecular weight excluding hydrogens is 374 g/mol. The van der Waals surface area contributed by atoms with Crippen LogP contribution in [0.2, 0.25) is 0 Å². The maximum absolute atomic E-state index is 12.2. The molecule has 5 nitrogen and oxygen atoms in total. The van der Waals surface area contributed by atoms with Gasteiger partial charge in [-0.2, -0.15) is 0 Å². The summed E-state index contributed by atoms with van der Waals surface area (Å²) in [6, 6.07) is 5.58. The van der Waals surface area contributed by atoms with Gasteiger partial charge in [-0.3, -0.25) is 9.59 Å². The highest BCUT2D eigenvalue weighted by Gasteiger charge is 2.18. The molecule has 0 radical (unpaired) electrons. The third kappa shape index (κ3) is 6.09. The van der Waals surface area contributed by atoms with Gasteiger partial charge >= 0.3 is 0 Å². The predicted molar refractivity (Wildman–Crippen MR) is 115 cm³/mol. The fourth-order valence-corrected chi connectivity index (χ4v) is 3.19. The van der Waals surface area contributed by atoms with Crippen LogP contribution in [0.25, 0.3) is 12.2 Å². The lowest BCUT2D eigenvalue weighted by atomic mass is 9.91. The third-order valence-corrected chi connectivity index (χ3v) is 5.08. The van der Waals surface area contributed by atoms with Crippen LogP contribution in [-0.2, 0) is 4.79 Å². The minimum Gasteiger partial charge on any atom is -0.493 e. The lowest BCUT2D eigenvalue weighted by Crippen LogP contribution is -2.22. The van der Waals surface area contributed by atoms with Gasteiger partial charge in [0.05, 0.1) is 22.9 Å². The van der Waals surface area contributed by atoms with Crippen LogP contribution in [-0.4, -0.2) is 24.5 Å². The molecule has 2 aromatic rings. The first-order valence-electron chi connectivity index (χ1n) is 9.38. The molecule has 1 aromatic carbocycles. The first-order chi connectivity index (χ1) is 13.1. The van der Waals surface area contributed by atoms with Crippen LogP contribution in [0.4, 0.5) is 0 Å². The first kappa shape index (κ1) is 22.0. The number of rotatable bonds is 7. The molecule has 0 bridgehead atoms. The summed E-state index contributed by atoms with van der Waals surface area (Å²) in [6.45, 7) is 10.5. The molecule has 2 rings (SSSR count). The Bertz CT molecular complexity index is 993. The van der Waals surface area contributed by atoms with E-state index in [1.165, 1.54) is 17.4 Å². The highest BCUT2D eigenvalue weighted by Crippen LogP contribution is 2.28. The Hall–Kier alpha value is -2.34. The fraction of sp³-hybridized carbons (Fsp3) is 0.455. The van der Waals surface area contributed by atoms with E-state index in [2.05, 4.69) is 18.8 Å². The van der Waals surface area contributed by atoms with Crippen LogP contribution in [0.5, 0.6) is 11.5 Å². The summed E-state index contributed by atoms with van der Waals surface area (Å²) in [5.74, 6) is 1.85. The number of hydrogen-bond donors (Lipinski definition) is 1. The summed E-state index contributed by atoms with van der Waals surface area (Å²) in [6.07, 6.45) is 4.24. The van der Waals surface area contributed by atoms with Gasteiger partial charge in [0.2, 0.25) is 0 Å². The zero-order valence-corrected chi connectivity index (χ0v) is 18.2. The van der Waals surface area contributed by atoms with Crippen LogP contribution >= 0.6 is 11.3 Å². The Morgan fingerprint density at radius 2 is 1.96 bits per heavy atom. The molecule has 0 atom stereocenters. The number of Topliss-reactive ketones (excluding diaryl/α,β-unsaturated/α-hetero) is 1. The third-order valence-electron chi connectivity index (χ3n) is 4.12. The van der Waals surface area contributed by atoms with Gasteiger partial charge < -0.3 is 14.5 Å². The maximum atomic E-state index is 12.2. The molecule has 152 valence electrons. The summed E-state index contributed by atoms with van der Waals surface area (Å²) in [7, 11) is 1.59. The molecule has 0 amide bonds. The van der Waals surface area contributed by atoms with E-state index in [4.69, 9.17) is 9.47 Å². The monoisotopic (exact) mass is 403 g/mol. The molecule has 0 aliphatic carbocycles. The van der Waals surface area contributed by atoms with Gasteiger partial charge in [0.25, 0.3) is 5.56 Å². The number of carbonyl (C=O) groups is 1. The molecule has 0 saturated carbocycles. The second-order valence-electron chi connectivity index (χ2n) is 8.13. The van der Waals surface area contributed by atoms with Crippen molar-refractivity contribution in [2.75, 3.05) is 13.7 Å². The number of methoxy groups -OCH3 is 1. The van der Waals surface area contributed by atoms with Crippen molar-refractivity contribution < 1.29 is 14.3 Å². The van der Waals surface area contributed by atoms with E-state index >= 15 is 0 Å². The largest absolute Gasteiger partial charge is 0.493 e. The van der Waals surface area contributed by atoms with E-state index in [-0.39, 0.29) is 11.3 Å². The number of hydrogen-bond acceptors (Lipinski definition) is 5. The molecule has 1 aromatic heterocycles. The maximum Gasteiger partial charge on any atom is 0.266 e. The Labute approximate surface area is 169 Å². The van der Waals surface area contributed by atoms with Gasteiger partial charge in [0.1, 0.15) is 0 Å². The molecule has 0 aliphatic heterocycles. The second kappa shape index (κ2) is 9.24. The van der Waals surface area contributed by atoms with Gasteiger partial charge in [-0.25, -0.2) is 0 Å². The molecular formula is C22H29NO4S. The number of ketones is 1. The molecule has 1 heterocycles. The summed E-state index contributed by atoms with van der Waals surface area (Å²) >= 11 is 1.26. The van der Waals surface area contributed by atoms with Gasteiger partial charge in [-0.05, 0) is 36.1 Å². The molecule has 1 N–H and O–H groups in total. The molecule has 28 heavy (non-hydrogen) atoms. The van der Waals surface area contributed by atoms with Crippen molar-refractivity contribution in [3.63, 3.8) is 0 Å². The predicted octanol–water partition coefficient (Wildman–Crippen LogP) is 3.09. The quantitative estimate of drug-likeness (QED) is 0.771. The summed E-state index contributed by atoms with van der Waals surface area (Å²) < 4.78 is 12.3. The van der Waals surface area contributed by atoms with Crippen LogP contribution < -0.4 is 24.2 Å². The Morgan fingerprint density at radius 3 is 2.57 bits per heavy atom. The van der Waals surface area contributed by atoms with E-state index in [1.807, 2.05) is 39.0 Å². The standard InChI is InChI=1S/C22H29NO4S/c1-14(2)9-10-27-16-8-7-15(11-17(16)26-6)12-18-21(25)23-20(28-18)13-19(24)22(3,4)5/h7-8,11-14H,9-10H2,1-6H3,(H,23,25)/b18-12-,20-13-. The zero-order chi connectivity index (χ0) is 20.9. The number of carbonyl (C=O) groups excluding carboxylic acids is 1. The van der Waals surface area contributed by atoms with Crippen molar-refractivity contribution in [3.05, 3.63) is 43.3 Å². The van der Waals surface area contributed by atoms with Gasteiger partial charge in [-0.15, -0.1) is 11.3 Å². The normalized spacial score (nSPS) is 13.2. The number of H-pyrrole nitrogens is 1. The lowest BCUT2D eigenvalue weighted by Gasteiger charge is -2.12. The number of ether oxygens (including phenoxy) is 2. The molecule has 0 unspecified atom stereocenters. The van der Waals surface area contributed by atoms with E-state index < -0.39 is 5.41 Å². The van der Waals surface area contributed by atoms with Crippen molar-refractivity contribution in [2.45, 2.75) is 41.0 Å². The van der Waals surface area contributed by atoms with E-state index in [9.17, 15) is 9.59 Å². The van der Waals surface area contributed by atoms with Gasteiger partial charge in [-0.1, -0.05) is 40.7 Å². The van der Waals surface area contributed by atoms with E-state index in [0.29, 0.717) is 33.2 Å². The number of aromatic nitrogens is 1. The Balaban J connectivity index is 2.32. The average Bonchev–Trinajstić information content (AvgIpc) is 2.93. The minimum absolute atomic E-state index is 0.0267. The average molecular weight is 404 g/mol. The molecule has 0 fully saturated rings. The topological polar surface area (TPSA) is 68.4 Å². The summed E-state index contributed by atoms with van der Waals surface area (Å²) in [5, 5.41) is 0.